The molecule has 0 bridgehead atoms. The molecule has 0 radical (unpaired) electrons. The van der Waals surface area contributed by atoms with E-state index in [-0.39, 0.29) is 30.1 Å². The van der Waals surface area contributed by atoms with Gasteiger partial charge in [0.25, 0.3) is 0 Å². The third-order valence-corrected chi connectivity index (χ3v) is 3.31. The third kappa shape index (κ3) is 4.94. The fraction of sp³-hybridized carbons (Fsp3) is 0.800. The van der Waals surface area contributed by atoms with Gasteiger partial charge in [0.05, 0.1) is 6.61 Å². The first-order chi connectivity index (χ1) is 9.24. The van der Waals surface area contributed by atoms with Crippen LogP contribution in [0, 0.1) is 11.3 Å². The number of ketones is 1. The minimum absolute atomic E-state index is 0.0507. The minimum atomic E-state index is -0.706. The van der Waals surface area contributed by atoms with Crippen LogP contribution in [0.15, 0.2) is 0 Å². The number of nitrogens with zero attached hydrogens (tertiary/aromatic N) is 1. The molecule has 0 spiro atoms. The van der Waals surface area contributed by atoms with Gasteiger partial charge in [-0.1, -0.05) is 20.8 Å². The van der Waals surface area contributed by atoms with Crippen LogP contribution in [-0.4, -0.2) is 42.3 Å². The molecular formula is C15H25NO4. The Kier molecular flexibility index (Phi) is 5.72. The lowest BCUT2D eigenvalue weighted by molar-refractivity contribution is -0.151. The highest BCUT2D eigenvalue weighted by Gasteiger charge is 2.32. The smallest absolute Gasteiger partial charge is 0.316 e. The highest BCUT2D eigenvalue weighted by atomic mass is 16.5. The first-order valence-corrected chi connectivity index (χ1v) is 7.21. The van der Waals surface area contributed by atoms with Gasteiger partial charge in [-0.25, -0.2) is 0 Å². The second-order valence-corrected chi connectivity index (χ2v) is 6.43. The molecule has 0 aromatic carbocycles. The van der Waals surface area contributed by atoms with E-state index in [2.05, 4.69) is 0 Å². The zero-order valence-corrected chi connectivity index (χ0v) is 12.9. The maximum Gasteiger partial charge on any atom is 0.316 e. The zero-order valence-electron chi connectivity index (χ0n) is 12.9. The van der Waals surface area contributed by atoms with Crippen molar-refractivity contribution in [2.45, 2.75) is 47.0 Å². The van der Waals surface area contributed by atoms with Crippen molar-refractivity contribution in [3.8, 4) is 0 Å². The van der Waals surface area contributed by atoms with Crippen molar-refractivity contribution < 1.29 is 19.1 Å². The van der Waals surface area contributed by atoms with E-state index in [1.54, 1.807) is 11.8 Å². The van der Waals surface area contributed by atoms with Crippen LogP contribution in [0.4, 0.5) is 0 Å². The summed E-state index contributed by atoms with van der Waals surface area (Å²) in [6, 6.07) is 0. The predicted octanol–water partition coefficient (Wildman–Crippen LogP) is 1.79. The SMILES string of the molecule is CCOC(=O)C1CCN(C(=O)CC(C)(C)C)CCC1=O. The van der Waals surface area contributed by atoms with Crippen LogP contribution in [0.2, 0.25) is 0 Å². The molecule has 1 aliphatic rings. The quantitative estimate of drug-likeness (QED) is 0.585. The Morgan fingerprint density at radius 2 is 1.95 bits per heavy atom. The van der Waals surface area contributed by atoms with Gasteiger partial charge in [-0.15, -0.1) is 0 Å². The van der Waals surface area contributed by atoms with E-state index >= 15 is 0 Å². The van der Waals surface area contributed by atoms with E-state index in [0.29, 0.717) is 25.9 Å². The third-order valence-electron chi connectivity index (χ3n) is 3.31. The molecule has 1 unspecified atom stereocenters. The van der Waals surface area contributed by atoms with E-state index in [1.165, 1.54) is 0 Å². The molecular weight excluding hydrogens is 258 g/mol. The average Bonchev–Trinajstić information content (AvgIpc) is 2.49. The summed E-state index contributed by atoms with van der Waals surface area (Å²) < 4.78 is 4.92. The summed E-state index contributed by atoms with van der Waals surface area (Å²) in [4.78, 5) is 37.5. The lowest BCUT2D eigenvalue weighted by Gasteiger charge is -2.25. The summed E-state index contributed by atoms with van der Waals surface area (Å²) in [6.45, 7) is 8.88. The van der Waals surface area contributed by atoms with Crippen molar-refractivity contribution in [2.24, 2.45) is 11.3 Å². The van der Waals surface area contributed by atoms with Gasteiger partial charge in [-0.3, -0.25) is 14.4 Å². The Morgan fingerprint density at radius 1 is 1.30 bits per heavy atom. The van der Waals surface area contributed by atoms with Crippen LogP contribution in [0.5, 0.6) is 0 Å². The number of likely N-dealkylation sites (tertiary alicyclic amines) is 1. The standard InChI is InChI=1S/C15H25NO4/c1-5-20-14(19)11-6-8-16(9-7-12(11)17)13(18)10-15(2,3)4/h11H,5-10H2,1-4H3. The van der Waals surface area contributed by atoms with E-state index in [0.717, 1.165) is 0 Å². The maximum atomic E-state index is 12.2. The monoisotopic (exact) mass is 283 g/mol. The lowest BCUT2D eigenvalue weighted by atomic mass is 9.91. The highest BCUT2D eigenvalue weighted by Crippen LogP contribution is 2.22. The molecule has 1 aliphatic heterocycles. The highest BCUT2D eigenvalue weighted by molar-refractivity contribution is 5.99. The van der Waals surface area contributed by atoms with Gasteiger partial charge in [0.15, 0.2) is 0 Å². The average molecular weight is 283 g/mol. The number of hydrogen-bond donors (Lipinski definition) is 0. The van der Waals surface area contributed by atoms with E-state index in [4.69, 9.17) is 4.74 Å². The molecule has 20 heavy (non-hydrogen) atoms. The number of carbonyl (C=O) groups is 3. The number of ether oxygens (including phenoxy) is 1. The van der Waals surface area contributed by atoms with Crippen LogP contribution >= 0.6 is 0 Å². The molecule has 114 valence electrons. The normalized spacial score (nSPS) is 20.5. The van der Waals surface area contributed by atoms with Crippen LogP contribution in [0.25, 0.3) is 0 Å². The number of carbonyl (C=O) groups excluding carboxylic acids is 3. The first-order valence-electron chi connectivity index (χ1n) is 7.21. The molecule has 5 nitrogen and oxygen atoms in total. The minimum Gasteiger partial charge on any atom is -0.465 e. The number of amides is 1. The second-order valence-electron chi connectivity index (χ2n) is 6.43. The fourth-order valence-electron chi connectivity index (χ4n) is 2.28. The Hall–Kier alpha value is -1.39. The van der Waals surface area contributed by atoms with Crippen LogP contribution in [0.3, 0.4) is 0 Å². The summed E-state index contributed by atoms with van der Waals surface area (Å²) in [6.07, 6.45) is 1.05. The molecule has 0 aromatic rings. The maximum absolute atomic E-state index is 12.2. The van der Waals surface area contributed by atoms with Crippen LogP contribution in [0.1, 0.15) is 47.0 Å². The number of Topliss-reactive ketones (excluding diaryl/α,β-unsaturated/α-hetero) is 1. The Labute approximate surface area is 120 Å². The molecule has 1 fully saturated rings. The number of rotatable bonds is 3. The van der Waals surface area contributed by atoms with E-state index < -0.39 is 11.9 Å². The van der Waals surface area contributed by atoms with Gasteiger partial charge >= 0.3 is 5.97 Å². The van der Waals surface area contributed by atoms with E-state index in [9.17, 15) is 14.4 Å². The molecule has 1 heterocycles. The number of esters is 1. The topological polar surface area (TPSA) is 63.7 Å². The van der Waals surface area contributed by atoms with Crippen molar-refractivity contribution in [1.82, 2.24) is 4.90 Å². The number of hydrogen-bond acceptors (Lipinski definition) is 4. The first kappa shape index (κ1) is 16.7. The molecule has 1 rings (SSSR count). The summed E-state index contributed by atoms with van der Waals surface area (Å²) in [7, 11) is 0. The Bertz CT molecular complexity index is 384. The fourth-order valence-corrected chi connectivity index (χ4v) is 2.28. The van der Waals surface area contributed by atoms with Crippen molar-refractivity contribution in [3.05, 3.63) is 0 Å². The predicted molar refractivity (Wildman–Crippen MR) is 75.0 cm³/mol. The summed E-state index contributed by atoms with van der Waals surface area (Å²) in [5, 5.41) is 0. The zero-order chi connectivity index (χ0) is 15.3. The molecule has 0 aromatic heterocycles. The van der Waals surface area contributed by atoms with Gasteiger partial charge in [0.2, 0.25) is 5.91 Å². The molecule has 1 atom stereocenters. The summed E-state index contributed by atoms with van der Waals surface area (Å²) in [5.74, 6) is -1.23. The van der Waals surface area contributed by atoms with Crippen LogP contribution < -0.4 is 0 Å². The summed E-state index contributed by atoms with van der Waals surface area (Å²) in [5.41, 5.74) is -0.0755. The summed E-state index contributed by atoms with van der Waals surface area (Å²) >= 11 is 0. The molecule has 5 heteroatoms. The molecule has 1 amide bonds. The lowest BCUT2D eigenvalue weighted by Crippen LogP contribution is -2.34. The van der Waals surface area contributed by atoms with Crippen molar-refractivity contribution in [1.29, 1.82) is 0 Å². The molecule has 1 saturated heterocycles. The van der Waals surface area contributed by atoms with Crippen molar-refractivity contribution >= 4 is 17.7 Å². The molecule has 0 saturated carbocycles. The van der Waals surface area contributed by atoms with Gasteiger partial charge in [0.1, 0.15) is 11.7 Å². The van der Waals surface area contributed by atoms with Gasteiger partial charge in [-0.2, -0.15) is 0 Å². The van der Waals surface area contributed by atoms with Gasteiger partial charge in [-0.05, 0) is 18.8 Å². The Morgan fingerprint density at radius 3 is 2.50 bits per heavy atom. The van der Waals surface area contributed by atoms with E-state index in [1.807, 2.05) is 20.8 Å². The van der Waals surface area contributed by atoms with Crippen molar-refractivity contribution in [3.63, 3.8) is 0 Å². The molecule has 0 N–H and O–H groups in total. The van der Waals surface area contributed by atoms with Crippen molar-refractivity contribution in [2.75, 3.05) is 19.7 Å². The second kappa shape index (κ2) is 6.86. The molecule has 0 aliphatic carbocycles. The van der Waals surface area contributed by atoms with Gasteiger partial charge < -0.3 is 9.64 Å². The van der Waals surface area contributed by atoms with Gasteiger partial charge in [0, 0.05) is 25.9 Å². The largest absolute Gasteiger partial charge is 0.465 e. The van der Waals surface area contributed by atoms with Crippen LogP contribution in [-0.2, 0) is 19.1 Å². The Balaban J connectivity index is 2.64.